The number of nitrogen functional groups attached to an aromatic ring is 1. The van der Waals surface area contributed by atoms with E-state index in [1.54, 1.807) is 36.0 Å². The minimum Gasteiger partial charge on any atom is -0.399 e. The Morgan fingerprint density at radius 2 is 2.18 bits per heavy atom. The minimum absolute atomic E-state index is 0.0286. The summed E-state index contributed by atoms with van der Waals surface area (Å²) in [6.07, 6.45) is 1.96. The first-order valence-electron chi connectivity index (χ1n) is 5.27. The standard InChI is InChI=1S/C11H18N2O2S2/c1-9(16-2)7-13-17(14,15)8-10-4-3-5-11(12)6-10/h3-6,9,13H,7-8,12H2,1-2H3. The van der Waals surface area contributed by atoms with E-state index in [9.17, 15) is 8.42 Å². The number of nitrogens with two attached hydrogens (primary N) is 1. The van der Waals surface area contributed by atoms with E-state index in [2.05, 4.69) is 4.72 Å². The molecule has 1 aromatic carbocycles. The minimum atomic E-state index is -3.28. The van der Waals surface area contributed by atoms with E-state index in [0.717, 1.165) is 0 Å². The van der Waals surface area contributed by atoms with Crippen molar-refractivity contribution in [3.05, 3.63) is 29.8 Å². The Morgan fingerprint density at radius 3 is 2.76 bits per heavy atom. The number of nitrogens with one attached hydrogen (secondary N) is 1. The molecule has 0 aliphatic heterocycles. The molecular formula is C11H18N2O2S2. The molecule has 0 fully saturated rings. The average molecular weight is 274 g/mol. The molecule has 0 heterocycles. The van der Waals surface area contributed by atoms with E-state index in [1.807, 2.05) is 13.2 Å². The van der Waals surface area contributed by atoms with Crippen molar-refractivity contribution < 1.29 is 8.42 Å². The highest BCUT2D eigenvalue weighted by molar-refractivity contribution is 7.99. The SMILES string of the molecule is CSC(C)CNS(=O)(=O)Cc1cccc(N)c1. The van der Waals surface area contributed by atoms with Crippen molar-refractivity contribution in [2.75, 3.05) is 18.5 Å². The summed E-state index contributed by atoms with van der Waals surface area (Å²) in [6, 6.07) is 6.93. The van der Waals surface area contributed by atoms with Gasteiger partial charge in [-0.05, 0) is 24.0 Å². The predicted molar refractivity (Wildman–Crippen MR) is 74.5 cm³/mol. The van der Waals surface area contributed by atoms with E-state index < -0.39 is 10.0 Å². The molecule has 6 heteroatoms. The molecule has 0 aliphatic carbocycles. The van der Waals surface area contributed by atoms with E-state index in [1.165, 1.54) is 0 Å². The second kappa shape index (κ2) is 6.28. The molecule has 1 unspecified atom stereocenters. The highest BCUT2D eigenvalue weighted by atomic mass is 32.2. The topological polar surface area (TPSA) is 72.2 Å². The van der Waals surface area contributed by atoms with Crippen LogP contribution in [0.2, 0.25) is 0 Å². The molecule has 0 saturated heterocycles. The molecule has 0 spiro atoms. The Kier molecular flexibility index (Phi) is 5.30. The molecule has 4 nitrogen and oxygen atoms in total. The van der Waals surface area contributed by atoms with Crippen LogP contribution < -0.4 is 10.5 Å². The zero-order valence-electron chi connectivity index (χ0n) is 10.0. The number of thioether (sulfide) groups is 1. The molecular weight excluding hydrogens is 256 g/mol. The van der Waals surface area contributed by atoms with Crippen molar-refractivity contribution in [2.45, 2.75) is 17.9 Å². The number of hydrogen-bond donors (Lipinski definition) is 2. The van der Waals surface area contributed by atoms with Gasteiger partial charge in [-0.2, -0.15) is 11.8 Å². The maximum Gasteiger partial charge on any atom is 0.215 e. The van der Waals surface area contributed by atoms with Gasteiger partial charge >= 0.3 is 0 Å². The van der Waals surface area contributed by atoms with E-state index in [0.29, 0.717) is 17.8 Å². The largest absolute Gasteiger partial charge is 0.399 e. The molecule has 0 bridgehead atoms. The fourth-order valence-corrected chi connectivity index (χ4v) is 2.86. The molecule has 0 amide bonds. The second-order valence-corrected chi connectivity index (χ2v) is 6.98. The van der Waals surface area contributed by atoms with Gasteiger partial charge in [-0.25, -0.2) is 13.1 Å². The van der Waals surface area contributed by atoms with Gasteiger partial charge < -0.3 is 5.73 Å². The quantitative estimate of drug-likeness (QED) is 0.770. The first-order valence-corrected chi connectivity index (χ1v) is 8.21. The van der Waals surface area contributed by atoms with Crippen LogP contribution in [-0.2, 0) is 15.8 Å². The monoisotopic (exact) mass is 274 g/mol. The molecule has 1 rings (SSSR count). The molecule has 0 saturated carbocycles. The molecule has 0 aromatic heterocycles. The highest BCUT2D eigenvalue weighted by Gasteiger charge is 2.12. The lowest BCUT2D eigenvalue weighted by Gasteiger charge is -2.10. The van der Waals surface area contributed by atoms with Crippen LogP contribution in [-0.4, -0.2) is 26.5 Å². The van der Waals surface area contributed by atoms with Gasteiger partial charge in [0.15, 0.2) is 0 Å². The third kappa shape index (κ3) is 5.43. The summed E-state index contributed by atoms with van der Waals surface area (Å²) in [6.45, 7) is 2.43. The van der Waals surface area contributed by atoms with E-state index >= 15 is 0 Å². The first-order chi connectivity index (χ1) is 7.93. The second-order valence-electron chi connectivity index (χ2n) is 3.90. The molecule has 17 heavy (non-hydrogen) atoms. The van der Waals surface area contributed by atoms with E-state index in [-0.39, 0.29) is 11.0 Å². The van der Waals surface area contributed by atoms with Gasteiger partial charge in [-0.3, -0.25) is 0 Å². The molecule has 0 aliphatic rings. The van der Waals surface area contributed by atoms with Gasteiger partial charge in [0.2, 0.25) is 10.0 Å². The average Bonchev–Trinajstić information content (AvgIpc) is 2.25. The summed E-state index contributed by atoms with van der Waals surface area (Å²) in [4.78, 5) is 0. The fraction of sp³-hybridized carbons (Fsp3) is 0.455. The molecule has 0 radical (unpaired) electrons. The summed E-state index contributed by atoms with van der Waals surface area (Å²) in [5, 5.41) is 0.269. The maximum absolute atomic E-state index is 11.8. The lowest BCUT2D eigenvalue weighted by Crippen LogP contribution is -2.30. The van der Waals surface area contributed by atoms with Crippen molar-refractivity contribution in [1.29, 1.82) is 0 Å². The summed E-state index contributed by atoms with van der Waals surface area (Å²) in [7, 11) is -3.28. The maximum atomic E-state index is 11.8. The van der Waals surface area contributed by atoms with Gasteiger partial charge in [-0.15, -0.1) is 0 Å². The number of sulfonamides is 1. The number of rotatable bonds is 6. The number of benzene rings is 1. The fourth-order valence-electron chi connectivity index (χ4n) is 1.28. The normalized spacial score (nSPS) is 13.5. The van der Waals surface area contributed by atoms with Crippen LogP contribution in [0.3, 0.4) is 0 Å². The lowest BCUT2D eigenvalue weighted by molar-refractivity contribution is 0.580. The highest BCUT2D eigenvalue weighted by Crippen LogP contribution is 2.10. The van der Waals surface area contributed by atoms with Crippen molar-refractivity contribution in [1.82, 2.24) is 4.72 Å². The van der Waals surface area contributed by atoms with Gasteiger partial charge in [0.1, 0.15) is 0 Å². The van der Waals surface area contributed by atoms with Crippen LogP contribution in [0, 0.1) is 0 Å². The van der Waals surface area contributed by atoms with Crippen LogP contribution in [0.15, 0.2) is 24.3 Å². The Labute approximate surface area is 107 Å². The van der Waals surface area contributed by atoms with Crippen LogP contribution in [0.4, 0.5) is 5.69 Å². The van der Waals surface area contributed by atoms with Crippen molar-refractivity contribution in [2.24, 2.45) is 0 Å². The van der Waals surface area contributed by atoms with Gasteiger partial charge in [0.05, 0.1) is 5.75 Å². The predicted octanol–water partition coefficient (Wildman–Crippen LogP) is 1.44. The molecule has 96 valence electrons. The zero-order chi connectivity index (χ0) is 12.9. The first kappa shape index (κ1) is 14.3. The Hall–Kier alpha value is -0.720. The van der Waals surface area contributed by atoms with E-state index in [4.69, 9.17) is 5.73 Å². The number of anilines is 1. The van der Waals surface area contributed by atoms with Crippen molar-refractivity contribution >= 4 is 27.5 Å². The Balaban J connectivity index is 2.61. The third-order valence-electron chi connectivity index (χ3n) is 2.30. The molecule has 1 aromatic rings. The zero-order valence-corrected chi connectivity index (χ0v) is 11.6. The van der Waals surface area contributed by atoms with Crippen LogP contribution >= 0.6 is 11.8 Å². The Morgan fingerprint density at radius 1 is 1.47 bits per heavy atom. The summed E-state index contributed by atoms with van der Waals surface area (Å²) in [5.74, 6) is -0.0286. The molecule has 3 N–H and O–H groups in total. The Bertz CT molecular complexity index is 460. The molecule has 1 atom stereocenters. The van der Waals surface area contributed by atoms with Gasteiger partial charge in [0, 0.05) is 17.5 Å². The smallest absolute Gasteiger partial charge is 0.215 e. The lowest BCUT2D eigenvalue weighted by atomic mass is 10.2. The summed E-state index contributed by atoms with van der Waals surface area (Å²) < 4.78 is 26.1. The summed E-state index contributed by atoms with van der Waals surface area (Å²) >= 11 is 1.63. The van der Waals surface area contributed by atoms with Crippen molar-refractivity contribution in [3.8, 4) is 0 Å². The third-order valence-corrected chi connectivity index (χ3v) is 4.59. The van der Waals surface area contributed by atoms with Gasteiger partial charge in [0.25, 0.3) is 0 Å². The van der Waals surface area contributed by atoms with Crippen LogP contribution in [0.1, 0.15) is 12.5 Å². The summed E-state index contributed by atoms with van der Waals surface area (Å²) in [5.41, 5.74) is 6.88. The van der Waals surface area contributed by atoms with Crippen molar-refractivity contribution in [3.63, 3.8) is 0 Å². The van der Waals surface area contributed by atoms with Crippen LogP contribution in [0.25, 0.3) is 0 Å². The van der Waals surface area contributed by atoms with Gasteiger partial charge in [-0.1, -0.05) is 19.1 Å². The number of hydrogen-bond acceptors (Lipinski definition) is 4. The van der Waals surface area contributed by atoms with Crippen LogP contribution in [0.5, 0.6) is 0 Å².